The van der Waals surface area contributed by atoms with E-state index in [9.17, 15) is 9.59 Å². The van der Waals surface area contributed by atoms with Crippen LogP contribution in [0.1, 0.15) is 26.0 Å². The zero-order chi connectivity index (χ0) is 20.1. The van der Waals surface area contributed by atoms with Crippen LogP contribution in [0, 0.1) is 5.92 Å². The van der Waals surface area contributed by atoms with Crippen molar-refractivity contribution in [3.05, 3.63) is 42.5 Å². The number of amides is 2. The Kier molecular flexibility index (Phi) is 5.83. The molecule has 3 aromatic rings. The number of aromatic nitrogens is 4. The van der Waals surface area contributed by atoms with E-state index in [1.807, 2.05) is 26.0 Å². The van der Waals surface area contributed by atoms with Crippen LogP contribution >= 0.6 is 0 Å². The van der Waals surface area contributed by atoms with E-state index in [1.165, 1.54) is 17.3 Å². The number of hydrogen-bond donors (Lipinski definition) is 3. The first-order chi connectivity index (χ1) is 13.5. The number of nitrogens with two attached hydrogens (primary N) is 1. The fourth-order valence-corrected chi connectivity index (χ4v) is 2.78. The van der Waals surface area contributed by atoms with Gasteiger partial charge >= 0.3 is 11.8 Å². The monoisotopic (exact) mass is 381 g/mol. The minimum Gasteiger partial charge on any atom is -0.383 e. The highest BCUT2D eigenvalue weighted by atomic mass is 16.2. The van der Waals surface area contributed by atoms with E-state index in [4.69, 9.17) is 5.73 Å². The molecule has 0 aliphatic rings. The quantitative estimate of drug-likeness (QED) is 0.560. The van der Waals surface area contributed by atoms with Gasteiger partial charge in [0.1, 0.15) is 5.82 Å². The van der Waals surface area contributed by atoms with Crippen LogP contribution in [0.5, 0.6) is 0 Å². The number of nitrogens with one attached hydrogen (secondary N) is 2. The van der Waals surface area contributed by atoms with E-state index in [-0.39, 0.29) is 12.5 Å². The summed E-state index contributed by atoms with van der Waals surface area (Å²) >= 11 is 0. The molecule has 0 aliphatic heterocycles. The predicted octanol–water partition coefficient (Wildman–Crippen LogP) is 1.95. The maximum atomic E-state index is 12.9. The van der Waals surface area contributed by atoms with Crippen molar-refractivity contribution >= 4 is 34.2 Å². The van der Waals surface area contributed by atoms with Gasteiger partial charge in [0.05, 0.1) is 41.2 Å². The van der Waals surface area contributed by atoms with Crippen molar-refractivity contribution in [1.82, 2.24) is 25.1 Å². The van der Waals surface area contributed by atoms with Crippen LogP contribution in [-0.4, -0.2) is 43.4 Å². The number of H-pyrrole nitrogens is 1. The van der Waals surface area contributed by atoms with Gasteiger partial charge in [-0.1, -0.05) is 26.3 Å². The fourth-order valence-electron chi connectivity index (χ4n) is 2.78. The maximum absolute atomic E-state index is 12.9. The molecule has 1 atom stereocenters. The van der Waals surface area contributed by atoms with Crippen LogP contribution in [0.25, 0.3) is 10.9 Å². The molecule has 0 unspecified atom stereocenters. The number of anilines is 2. The third-order valence-corrected chi connectivity index (χ3v) is 4.56. The van der Waals surface area contributed by atoms with Crippen molar-refractivity contribution in [3.63, 3.8) is 0 Å². The van der Waals surface area contributed by atoms with E-state index < -0.39 is 11.8 Å². The topological polar surface area (TPSA) is 130 Å². The molecule has 0 spiro atoms. The second-order valence-corrected chi connectivity index (χ2v) is 6.69. The van der Waals surface area contributed by atoms with Crippen molar-refractivity contribution in [2.24, 2.45) is 5.92 Å². The first kappa shape index (κ1) is 19.3. The molecule has 28 heavy (non-hydrogen) atoms. The van der Waals surface area contributed by atoms with E-state index in [0.29, 0.717) is 29.0 Å². The molecule has 9 nitrogen and oxygen atoms in total. The Hall–Kier alpha value is -3.49. The van der Waals surface area contributed by atoms with Crippen molar-refractivity contribution in [2.45, 2.75) is 26.8 Å². The van der Waals surface area contributed by atoms with Gasteiger partial charge in [0.2, 0.25) is 0 Å². The zero-order valence-corrected chi connectivity index (χ0v) is 15.8. The average Bonchev–Trinajstić information content (AvgIpc) is 3.20. The van der Waals surface area contributed by atoms with Gasteiger partial charge in [-0.15, -0.1) is 0 Å². The molecule has 4 N–H and O–H groups in total. The van der Waals surface area contributed by atoms with Gasteiger partial charge in [-0.05, 0) is 18.1 Å². The number of nitrogen functional groups attached to an aromatic ring is 1. The van der Waals surface area contributed by atoms with Crippen LogP contribution in [0.3, 0.4) is 0 Å². The molecule has 0 saturated carbocycles. The van der Waals surface area contributed by atoms with Crippen molar-refractivity contribution in [3.8, 4) is 0 Å². The smallest absolute Gasteiger partial charge is 0.314 e. The van der Waals surface area contributed by atoms with Crippen LogP contribution in [0.4, 0.5) is 11.5 Å². The van der Waals surface area contributed by atoms with Gasteiger partial charge in [-0.3, -0.25) is 19.7 Å². The minimum absolute atomic E-state index is 0.248. The van der Waals surface area contributed by atoms with Gasteiger partial charge in [0.15, 0.2) is 0 Å². The molecule has 0 fully saturated rings. The number of hydrogen-bond acceptors (Lipinski definition) is 6. The van der Waals surface area contributed by atoms with Crippen LogP contribution in [0.15, 0.2) is 36.8 Å². The molecular formula is C19H23N7O2. The average molecular weight is 381 g/mol. The summed E-state index contributed by atoms with van der Waals surface area (Å²) in [7, 11) is 0. The summed E-state index contributed by atoms with van der Waals surface area (Å²) < 4.78 is 0. The second-order valence-electron chi connectivity index (χ2n) is 6.69. The highest BCUT2D eigenvalue weighted by molar-refractivity contribution is 6.40. The molecule has 0 radical (unpaired) electrons. The Labute approximate surface area is 162 Å². The largest absolute Gasteiger partial charge is 0.383 e. The molecule has 3 rings (SSSR count). The fraction of sp³-hybridized carbons (Fsp3) is 0.316. The second kappa shape index (κ2) is 8.47. The van der Waals surface area contributed by atoms with Crippen molar-refractivity contribution in [2.75, 3.05) is 17.6 Å². The summed E-state index contributed by atoms with van der Waals surface area (Å²) in [5.41, 5.74) is 7.39. The molecule has 0 aromatic carbocycles. The number of aromatic amines is 1. The Morgan fingerprint density at radius 2 is 2.11 bits per heavy atom. The summed E-state index contributed by atoms with van der Waals surface area (Å²) in [5.74, 6) is -0.836. The number of carbonyl (C=O) groups excluding carboxylic acids is 2. The third-order valence-electron chi connectivity index (χ3n) is 4.56. The summed E-state index contributed by atoms with van der Waals surface area (Å²) in [4.78, 5) is 35.3. The number of nitrogens with zero attached hydrogens (tertiary/aromatic N) is 4. The normalized spacial score (nSPS) is 11.9. The lowest BCUT2D eigenvalue weighted by Crippen LogP contribution is -2.41. The van der Waals surface area contributed by atoms with Gasteiger partial charge in [-0.2, -0.15) is 5.10 Å². The molecule has 3 aromatic heterocycles. The maximum Gasteiger partial charge on any atom is 0.314 e. The van der Waals surface area contributed by atoms with Gasteiger partial charge in [0.25, 0.3) is 0 Å². The Morgan fingerprint density at radius 1 is 1.29 bits per heavy atom. The van der Waals surface area contributed by atoms with Crippen molar-refractivity contribution in [1.29, 1.82) is 0 Å². The van der Waals surface area contributed by atoms with E-state index in [1.54, 1.807) is 12.3 Å². The Balaban J connectivity index is 1.79. The molecule has 2 amide bonds. The van der Waals surface area contributed by atoms with Crippen LogP contribution in [-0.2, 0) is 16.1 Å². The number of rotatable bonds is 6. The lowest BCUT2D eigenvalue weighted by atomic mass is 10.1. The minimum atomic E-state index is -0.748. The molecule has 0 aliphatic carbocycles. The summed E-state index contributed by atoms with van der Waals surface area (Å²) in [6, 6.07) is 5.48. The van der Waals surface area contributed by atoms with Crippen LogP contribution in [0.2, 0.25) is 0 Å². The molecule has 9 heteroatoms. The third kappa shape index (κ3) is 4.25. The van der Waals surface area contributed by atoms with Crippen molar-refractivity contribution < 1.29 is 9.59 Å². The molecule has 146 valence electrons. The Bertz CT molecular complexity index is 971. The number of carbonyl (C=O) groups is 2. The van der Waals surface area contributed by atoms with E-state index >= 15 is 0 Å². The number of pyridine rings is 2. The standard InChI is InChI=1S/C19H23N7O2/c1-3-12(2)10-26(11-13-6-4-5-7-21-13)19(28)18(27)24-15-9-22-17(20)14-8-23-25-16(14)15/h4-9,12H,3,10-11H2,1-2H3,(H2,20,22)(H,23,25)(H,24,27)/t12-/m0/s1. The molecular weight excluding hydrogens is 358 g/mol. The lowest BCUT2D eigenvalue weighted by molar-refractivity contribution is -0.144. The first-order valence-corrected chi connectivity index (χ1v) is 9.07. The SMILES string of the molecule is CC[C@H](C)CN(Cc1ccccn1)C(=O)C(=O)Nc1cnc(N)c2cn[nH]c12. The Morgan fingerprint density at radius 3 is 2.82 bits per heavy atom. The van der Waals surface area contributed by atoms with E-state index in [2.05, 4.69) is 25.5 Å². The highest BCUT2D eigenvalue weighted by Crippen LogP contribution is 2.24. The predicted molar refractivity (Wildman–Crippen MR) is 106 cm³/mol. The van der Waals surface area contributed by atoms with Gasteiger partial charge in [-0.25, -0.2) is 4.98 Å². The lowest BCUT2D eigenvalue weighted by Gasteiger charge is -2.24. The number of fused-ring (bicyclic) bond motifs is 1. The zero-order valence-electron chi connectivity index (χ0n) is 15.8. The van der Waals surface area contributed by atoms with Crippen LogP contribution < -0.4 is 11.1 Å². The highest BCUT2D eigenvalue weighted by Gasteiger charge is 2.25. The first-order valence-electron chi connectivity index (χ1n) is 9.07. The summed E-state index contributed by atoms with van der Waals surface area (Å²) in [6.45, 7) is 4.80. The van der Waals surface area contributed by atoms with Gasteiger partial charge in [0, 0.05) is 12.7 Å². The summed E-state index contributed by atoms with van der Waals surface area (Å²) in [5, 5.41) is 9.88. The molecule has 0 bridgehead atoms. The molecule has 3 heterocycles. The molecule has 0 saturated heterocycles. The van der Waals surface area contributed by atoms with E-state index in [0.717, 1.165) is 12.1 Å². The summed E-state index contributed by atoms with van der Waals surface area (Å²) in [6.07, 6.45) is 5.48. The van der Waals surface area contributed by atoms with Gasteiger partial charge < -0.3 is 16.0 Å².